The van der Waals surface area contributed by atoms with Crippen molar-refractivity contribution in [2.24, 2.45) is 5.92 Å². The van der Waals surface area contributed by atoms with E-state index < -0.39 is 0 Å². The average molecular weight is 248 g/mol. The first-order valence-electron chi connectivity index (χ1n) is 6.35. The number of carbonyl (C=O) groups is 1. The number of rotatable bonds is 2. The second-order valence-corrected chi connectivity index (χ2v) is 4.80. The summed E-state index contributed by atoms with van der Waals surface area (Å²) in [5.41, 5.74) is 1.14. The van der Waals surface area contributed by atoms with Crippen molar-refractivity contribution in [3.8, 4) is 0 Å². The molecule has 1 aliphatic heterocycles. The number of hydrogen-bond acceptors (Lipinski definition) is 3. The third-order valence-electron chi connectivity index (χ3n) is 3.46. The molecular weight excluding hydrogens is 228 g/mol. The Morgan fingerprint density at radius 1 is 1.39 bits per heavy atom. The lowest BCUT2D eigenvalue weighted by atomic mass is 9.94. The van der Waals surface area contributed by atoms with Crippen molar-refractivity contribution >= 4 is 11.8 Å². The van der Waals surface area contributed by atoms with Crippen molar-refractivity contribution in [2.75, 3.05) is 25.5 Å². The Morgan fingerprint density at radius 2 is 2.11 bits per heavy atom. The molecule has 0 saturated carbocycles. The molecular formula is C14H20N2O2. The van der Waals surface area contributed by atoms with Crippen LogP contribution in [0.4, 0.5) is 10.5 Å². The highest BCUT2D eigenvalue weighted by Crippen LogP contribution is 2.21. The first-order valence-corrected chi connectivity index (χ1v) is 6.35. The summed E-state index contributed by atoms with van der Waals surface area (Å²) in [7, 11) is 1.43. The van der Waals surface area contributed by atoms with E-state index in [0.29, 0.717) is 12.0 Å². The van der Waals surface area contributed by atoms with Gasteiger partial charge in [0.15, 0.2) is 0 Å². The van der Waals surface area contributed by atoms with E-state index in [0.717, 1.165) is 25.2 Å². The van der Waals surface area contributed by atoms with Crippen LogP contribution in [-0.4, -0.2) is 37.2 Å². The van der Waals surface area contributed by atoms with Crippen LogP contribution in [0.3, 0.4) is 0 Å². The van der Waals surface area contributed by atoms with Crippen LogP contribution in [-0.2, 0) is 4.74 Å². The highest BCUT2D eigenvalue weighted by atomic mass is 16.5. The molecule has 0 aliphatic carbocycles. The average Bonchev–Trinajstić information content (AvgIpc) is 2.41. The standard InChI is InChI=1S/C14H20N2O2/c1-11-10-16(14(17)18-2)9-8-13(11)15-12-6-4-3-5-7-12/h3-7,11,13,15H,8-10H2,1-2H3/t11-,13-/m0/s1. The number of para-hydroxylation sites is 1. The van der Waals surface area contributed by atoms with Crippen LogP contribution >= 0.6 is 0 Å². The van der Waals surface area contributed by atoms with Gasteiger partial charge >= 0.3 is 6.09 Å². The molecule has 0 unspecified atom stereocenters. The number of nitrogens with one attached hydrogen (secondary N) is 1. The molecule has 18 heavy (non-hydrogen) atoms. The quantitative estimate of drug-likeness (QED) is 0.874. The summed E-state index contributed by atoms with van der Waals surface area (Å²) in [4.78, 5) is 13.2. The zero-order valence-electron chi connectivity index (χ0n) is 10.9. The van der Waals surface area contributed by atoms with Crippen LogP contribution in [0, 0.1) is 5.92 Å². The topological polar surface area (TPSA) is 41.6 Å². The summed E-state index contributed by atoms with van der Waals surface area (Å²) < 4.78 is 4.76. The molecule has 1 aromatic rings. The Morgan fingerprint density at radius 3 is 2.72 bits per heavy atom. The lowest BCUT2D eigenvalue weighted by molar-refractivity contribution is 0.101. The normalized spacial score (nSPS) is 23.6. The molecule has 0 aromatic heterocycles. The molecule has 2 atom stereocenters. The van der Waals surface area contributed by atoms with Crippen LogP contribution in [0.25, 0.3) is 0 Å². The Hall–Kier alpha value is -1.71. The molecule has 0 radical (unpaired) electrons. The molecule has 1 saturated heterocycles. The van der Waals surface area contributed by atoms with Gasteiger partial charge in [-0.2, -0.15) is 0 Å². The molecule has 1 N–H and O–H groups in total. The minimum atomic E-state index is -0.222. The van der Waals surface area contributed by atoms with Gasteiger partial charge < -0.3 is 15.0 Å². The number of anilines is 1. The van der Waals surface area contributed by atoms with Crippen molar-refractivity contribution in [1.29, 1.82) is 0 Å². The SMILES string of the molecule is COC(=O)N1CC[C@H](Nc2ccccc2)[C@@H](C)C1. The molecule has 0 bridgehead atoms. The maximum Gasteiger partial charge on any atom is 0.409 e. The number of piperidine rings is 1. The van der Waals surface area contributed by atoms with Crippen molar-refractivity contribution in [1.82, 2.24) is 4.90 Å². The van der Waals surface area contributed by atoms with Gasteiger partial charge in [0.05, 0.1) is 7.11 Å². The van der Waals surface area contributed by atoms with E-state index in [2.05, 4.69) is 24.4 Å². The second-order valence-electron chi connectivity index (χ2n) is 4.80. The fraction of sp³-hybridized carbons (Fsp3) is 0.500. The number of nitrogens with zero attached hydrogens (tertiary/aromatic N) is 1. The van der Waals surface area contributed by atoms with Crippen molar-refractivity contribution in [3.63, 3.8) is 0 Å². The maximum absolute atomic E-state index is 11.5. The van der Waals surface area contributed by atoms with E-state index >= 15 is 0 Å². The van der Waals surface area contributed by atoms with Crippen LogP contribution in [0.1, 0.15) is 13.3 Å². The predicted octanol–water partition coefficient (Wildman–Crippen LogP) is 2.58. The maximum atomic E-state index is 11.5. The lowest BCUT2D eigenvalue weighted by Crippen LogP contribution is -2.47. The van der Waals surface area contributed by atoms with Crippen molar-refractivity contribution in [2.45, 2.75) is 19.4 Å². The number of likely N-dealkylation sites (tertiary alicyclic amines) is 1. The van der Waals surface area contributed by atoms with E-state index in [1.54, 1.807) is 4.90 Å². The highest BCUT2D eigenvalue weighted by molar-refractivity contribution is 5.67. The molecule has 4 heteroatoms. The Kier molecular flexibility index (Phi) is 4.07. The summed E-state index contributed by atoms with van der Waals surface area (Å²) in [6, 6.07) is 10.6. The van der Waals surface area contributed by atoms with E-state index in [1.807, 2.05) is 18.2 Å². The van der Waals surface area contributed by atoms with Gasteiger partial charge in [0.25, 0.3) is 0 Å². The summed E-state index contributed by atoms with van der Waals surface area (Å²) in [6.07, 6.45) is 0.727. The minimum absolute atomic E-state index is 0.222. The fourth-order valence-electron chi connectivity index (χ4n) is 2.40. The summed E-state index contributed by atoms with van der Waals surface area (Å²) >= 11 is 0. The van der Waals surface area contributed by atoms with Crippen molar-refractivity contribution in [3.05, 3.63) is 30.3 Å². The molecule has 0 spiro atoms. The van der Waals surface area contributed by atoms with Gasteiger partial charge in [0, 0.05) is 24.8 Å². The van der Waals surface area contributed by atoms with E-state index in [-0.39, 0.29) is 6.09 Å². The van der Waals surface area contributed by atoms with Gasteiger partial charge in [-0.3, -0.25) is 0 Å². The number of methoxy groups -OCH3 is 1. The molecule has 4 nitrogen and oxygen atoms in total. The van der Waals surface area contributed by atoms with Gasteiger partial charge in [0.2, 0.25) is 0 Å². The smallest absolute Gasteiger partial charge is 0.409 e. The third kappa shape index (κ3) is 2.94. The highest BCUT2D eigenvalue weighted by Gasteiger charge is 2.28. The molecule has 1 amide bonds. The minimum Gasteiger partial charge on any atom is -0.453 e. The number of carbonyl (C=O) groups excluding carboxylic acids is 1. The van der Waals surface area contributed by atoms with Gasteiger partial charge in [0.1, 0.15) is 0 Å². The first kappa shape index (κ1) is 12.7. The Balaban J connectivity index is 1.92. The zero-order valence-corrected chi connectivity index (χ0v) is 10.9. The monoisotopic (exact) mass is 248 g/mol. The predicted molar refractivity (Wildman–Crippen MR) is 71.6 cm³/mol. The fourth-order valence-corrected chi connectivity index (χ4v) is 2.40. The number of hydrogen-bond donors (Lipinski definition) is 1. The van der Waals surface area contributed by atoms with Crippen LogP contribution in [0.15, 0.2) is 30.3 Å². The van der Waals surface area contributed by atoms with Gasteiger partial charge in [-0.15, -0.1) is 0 Å². The summed E-state index contributed by atoms with van der Waals surface area (Å²) in [5, 5.41) is 3.53. The van der Waals surface area contributed by atoms with Gasteiger partial charge in [-0.05, 0) is 24.5 Å². The number of ether oxygens (including phenoxy) is 1. The molecule has 1 aliphatic rings. The van der Waals surface area contributed by atoms with Crippen LogP contribution < -0.4 is 5.32 Å². The summed E-state index contributed by atoms with van der Waals surface area (Å²) in [5.74, 6) is 0.415. The van der Waals surface area contributed by atoms with Gasteiger partial charge in [-0.1, -0.05) is 25.1 Å². The lowest BCUT2D eigenvalue weighted by Gasteiger charge is -2.36. The number of amides is 1. The molecule has 1 fully saturated rings. The zero-order chi connectivity index (χ0) is 13.0. The molecule has 1 aromatic carbocycles. The largest absolute Gasteiger partial charge is 0.453 e. The number of benzene rings is 1. The van der Waals surface area contributed by atoms with Crippen LogP contribution in [0.2, 0.25) is 0 Å². The molecule has 98 valence electrons. The van der Waals surface area contributed by atoms with Crippen molar-refractivity contribution < 1.29 is 9.53 Å². The molecule has 1 heterocycles. The van der Waals surface area contributed by atoms with E-state index in [1.165, 1.54) is 7.11 Å². The molecule has 2 rings (SSSR count). The van der Waals surface area contributed by atoms with E-state index in [9.17, 15) is 4.79 Å². The van der Waals surface area contributed by atoms with Crippen LogP contribution in [0.5, 0.6) is 0 Å². The first-order chi connectivity index (χ1) is 8.70. The third-order valence-corrected chi connectivity index (χ3v) is 3.46. The van der Waals surface area contributed by atoms with E-state index in [4.69, 9.17) is 4.74 Å². The summed E-state index contributed by atoms with van der Waals surface area (Å²) in [6.45, 7) is 3.66. The Labute approximate surface area is 108 Å². The second kappa shape index (κ2) is 5.76. The van der Waals surface area contributed by atoms with Gasteiger partial charge in [-0.25, -0.2) is 4.79 Å². The Bertz CT molecular complexity index is 394.